The zero-order valence-electron chi connectivity index (χ0n) is 35.1. The number of hydrogen-bond donors (Lipinski definition) is 3. The van der Waals surface area contributed by atoms with Gasteiger partial charge in [0.2, 0.25) is 5.91 Å². The van der Waals surface area contributed by atoms with E-state index in [1.807, 2.05) is 6.08 Å². The number of rotatable bonds is 42. The van der Waals surface area contributed by atoms with E-state index in [1.165, 1.54) is 180 Å². The molecule has 0 aliphatic rings. The Bertz CT molecular complexity index is 790. The van der Waals surface area contributed by atoms with E-state index in [0.717, 1.165) is 44.9 Å². The quantitative estimate of drug-likeness (QED) is 0.0433. The van der Waals surface area contributed by atoms with Gasteiger partial charge in [-0.3, -0.25) is 4.79 Å². The third kappa shape index (κ3) is 39.8. The zero-order valence-corrected chi connectivity index (χ0v) is 35.1. The molecule has 0 spiro atoms. The van der Waals surface area contributed by atoms with Crippen molar-refractivity contribution >= 4 is 5.91 Å². The van der Waals surface area contributed by atoms with E-state index < -0.39 is 12.1 Å². The van der Waals surface area contributed by atoms with E-state index in [1.54, 1.807) is 6.08 Å². The van der Waals surface area contributed by atoms with Crippen LogP contribution in [0.25, 0.3) is 0 Å². The first kappa shape index (κ1) is 50.6. The molecule has 0 aromatic carbocycles. The van der Waals surface area contributed by atoms with Gasteiger partial charge in [-0.2, -0.15) is 0 Å². The highest BCUT2D eigenvalue weighted by Crippen LogP contribution is 2.16. The van der Waals surface area contributed by atoms with Crippen molar-refractivity contribution in [2.45, 2.75) is 257 Å². The Labute approximate surface area is 325 Å². The average Bonchev–Trinajstić information content (AvgIpc) is 3.15. The van der Waals surface area contributed by atoms with Crippen LogP contribution in [0.1, 0.15) is 245 Å². The van der Waals surface area contributed by atoms with Gasteiger partial charge < -0.3 is 15.5 Å². The van der Waals surface area contributed by atoms with E-state index in [4.69, 9.17) is 0 Å². The number of nitrogens with one attached hydrogen (secondary N) is 1. The van der Waals surface area contributed by atoms with Crippen LogP contribution < -0.4 is 5.32 Å². The van der Waals surface area contributed by atoms with Crippen LogP contribution in [0, 0.1) is 0 Å². The molecule has 4 heteroatoms. The van der Waals surface area contributed by atoms with Gasteiger partial charge in [-0.15, -0.1) is 0 Å². The van der Waals surface area contributed by atoms with E-state index in [0.29, 0.717) is 6.42 Å². The molecule has 4 nitrogen and oxygen atoms in total. The molecule has 306 valence electrons. The molecule has 0 aromatic rings. The molecule has 2 atom stereocenters. The summed E-state index contributed by atoms with van der Waals surface area (Å²) in [6.45, 7) is 4.27. The Balaban J connectivity index is 3.51. The van der Waals surface area contributed by atoms with Crippen LogP contribution in [-0.4, -0.2) is 34.9 Å². The summed E-state index contributed by atoms with van der Waals surface area (Å²) >= 11 is 0. The molecule has 0 aliphatic heterocycles. The molecule has 0 aliphatic carbocycles. The molecular weight excluding hydrogens is 639 g/mol. The minimum Gasteiger partial charge on any atom is -0.394 e. The molecule has 52 heavy (non-hydrogen) atoms. The van der Waals surface area contributed by atoms with Gasteiger partial charge in [-0.1, -0.05) is 230 Å². The topological polar surface area (TPSA) is 69.6 Å². The lowest BCUT2D eigenvalue weighted by atomic mass is 10.0. The van der Waals surface area contributed by atoms with Crippen LogP contribution >= 0.6 is 0 Å². The van der Waals surface area contributed by atoms with E-state index in [-0.39, 0.29) is 12.5 Å². The summed E-state index contributed by atoms with van der Waals surface area (Å²) in [5.41, 5.74) is 0. The summed E-state index contributed by atoms with van der Waals surface area (Å²) in [5.74, 6) is -0.0774. The van der Waals surface area contributed by atoms with Crippen molar-refractivity contribution in [1.29, 1.82) is 0 Å². The molecule has 0 saturated carbocycles. The number of aliphatic hydroxyl groups excluding tert-OH is 2. The van der Waals surface area contributed by atoms with Gasteiger partial charge in [0.25, 0.3) is 0 Å². The second-order valence-electron chi connectivity index (χ2n) is 15.8. The van der Waals surface area contributed by atoms with Gasteiger partial charge >= 0.3 is 0 Å². The highest BCUT2D eigenvalue weighted by molar-refractivity contribution is 5.76. The second kappa shape index (κ2) is 44.0. The molecule has 0 heterocycles. The van der Waals surface area contributed by atoms with Crippen LogP contribution in [0.5, 0.6) is 0 Å². The van der Waals surface area contributed by atoms with E-state index in [9.17, 15) is 15.0 Å². The van der Waals surface area contributed by atoms with Crippen molar-refractivity contribution in [2.75, 3.05) is 6.61 Å². The molecule has 0 rings (SSSR count). The summed E-state index contributed by atoms with van der Waals surface area (Å²) in [6, 6.07) is -0.628. The Hall–Kier alpha value is -1.39. The first-order valence-electron chi connectivity index (χ1n) is 23.2. The maximum atomic E-state index is 12.4. The van der Waals surface area contributed by atoms with E-state index >= 15 is 0 Å². The molecule has 0 radical (unpaired) electrons. The molecule has 0 bridgehead atoms. The van der Waals surface area contributed by atoms with Gasteiger partial charge in [-0.05, 0) is 44.9 Å². The number of hydrogen-bond acceptors (Lipinski definition) is 3. The highest BCUT2D eigenvalue weighted by atomic mass is 16.3. The fraction of sp³-hybridized carbons (Fsp3) is 0.854. The number of carbonyl (C=O) groups excluding carboxylic acids is 1. The maximum Gasteiger partial charge on any atom is 0.220 e. The smallest absolute Gasteiger partial charge is 0.220 e. The van der Waals surface area contributed by atoms with Gasteiger partial charge in [0.05, 0.1) is 18.8 Å². The summed E-state index contributed by atoms with van der Waals surface area (Å²) in [5, 5.41) is 23.0. The third-order valence-electron chi connectivity index (χ3n) is 10.6. The molecule has 0 saturated heterocycles. The predicted molar refractivity (Wildman–Crippen MR) is 230 cm³/mol. The first-order valence-corrected chi connectivity index (χ1v) is 23.2. The van der Waals surface area contributed by atoms with Gasteiger partial charge in [0.1, 0.15) is 0 Å². The summed E-state index contributed by atoms with van der Waals surface area (Å²) in [7, 11) is 0. The van der Waals surface area contributed by atoms with Crippen molar-refractivity contribution in [3.63, 3.8) is 0 Å². The number of amides is 1. The summed E-state index contributed by atoms with van der Waals surface area (Å²) in [4.78, 5) is 12.4. The van der Waals surface area contributed by atoms with Crippen LogP contribution in [0.15, 0.2) is 36.5 Å². The first-order chi connectivity index (χ1) is 25.7. The standard InChI is InChI=1S/C48H91NO3/c1-3-5-7-9-11-13-15-17-19-20-21-22-23-24-25-26-27-28-29-30-31-33-35-37-39-41-43-47(51)46(45-50)49-48(52)44-42-40-38-36-34-32-18-16-14-12-10-8-6-4-2/h10,12,16,18,41,43,46-47,50-51H,3-9,11,13-15,17,19-40,42,44-45H2,1-2H3,(H,49,52)/b12-10-,18-16-,43-41+. The summed E-state index contributed by atoms with van der Waals surface area (Å²) < 4.78 is 0. The highest BCUT2D eigenvalue weighted by Gasteiger charge is 2.17. The van der Waals surface area contributed by atoms with Gasteiger partial charge in [0.15, 0.2) is 0 Å². The minimum absolute atomic E-state index is 0.0774. The SMILES string of the molecule is CCCC/C=C\C/C=C\CCCCCCCC(=O)NC(CO)C(O)/C=C/CCCCCCCCCCCCCCCCCCCCCCCCCC. The minimum atomic E-state index is -0.844. The maximum absolute atomic E-state index is 12.4. The number of aliphatic hydroxyl groups is 2. The Morgan fingerprint density at radius 3 is 1.21 bits per heavy atom. The largest absolute Gasteiger partial charge is 0.394 e. The third-order valence-corrected chi connectivity index (χ3v) is 10.6. The average molecular weight is 730 g/mol. The van der Waals surface area contributed by atoms with Crippen molar-refractivity contribution in [1.82, 2.24) is 5.32 Å². The van der Waals surface area contributed by atoms with Crippen LogP contribution in [-0.2, 0) is 4.79 Å². The van der Waals surface area contributed by atoms with Gasteiger partial charge in [0, 0.05) is 6.42 Å². The molecular formula is C48H91NO3. The Morgan fingerprint density at radius 2 is 0.808 bits per heavy atom. The molecule has 1 amide bonds. The summed E-state index contributed by atoms with van der Waals surface area (Å²) in [6.07, 6.45) is 58.4. The molecule has 2 unspecified atom stereocenters. The predicted octanol–water partition coefficient (Wildman–Crippen LogP) is 14.6. The second-order valence-corrected chi connectivity index (χ2v) is 15.8. The van der Waals surface area contributed by atoms with Crippen LogP contribution in [0.3, 0.4) is 0 Å². The van der Waals surface area contributed by atoms with Crippen LogP contribution in [0.2, 0.25) is 0 Å². The fourth-order valence-corrected chi connectivity index (χ4v) is 7.02. The van der Waals surface area contributed by atoms with E-state index in [2.05, 4.69) is 43.5 Å². The Morgan fingerprint density at radius 1 is 0.462 bits per heavy atom. The van der Waals surface area contributed by atoms with Crippen LogP contribution in [0.4, 0.5) is 0 Å². The zero-order chi connectivity index (χ0) is 37.8. The molecule has 0 aromatic heterocycles. The van der Waals surface area contributed by atoms with Crippen molar-refractivity contribution in [3.05, 3.63) is 36.5 Å². The van der Waals surface area contributed by atoms with Crippen molar-refractivity contribution in [2.24, 2.45) is 0 Å². The molecule has 3 N–H and O–H groups in total. The van der Waals surface area contributed by atoms with Crippen molar-refractivity contribution in [3.8, 4) is 0 Å². The number of carbonyl (C=O) groups is 1. The fourth-order valence-electron chi connectivity index (χ4n) is 7.02. The lowest BCUT2D eigenvalue weighted by molar-refractivity contribution is -0.123. The Kier molecular flexibility index (Phi) is 42.8. The molecule has 0 fully saturated rings. The lowest BCUT2D eigenvalue weighted by Gasteiger charge is -2.20. The van der Waals surface area contributed by atoms with Gasteiger partial charge in [-0.25, -0.2) is 0 Å². The number of unbranched alkanes of at least 4 members (excludes halogenated alkanes) is 31. The normalized spacial score (nSPS) is 13.2. The van der Waals surface area contributed by atoms with Crippen molar-refractivity contribution < 1.29 is 15.0 Å². The lowest BCUT2D eigenvalue weighted by Crippen LogP contribution is -2.45. The monoisotopic (exact) mass is 730 g/mol. The number of allylic oxidation sites excluding steroid dienone is 5.